The first-order valence-electron chi connectivity index (χ1n) is 9.78. The first kappa shape index (κ1) is 21.0. The molecule has 0 radical (unpaired) electrons. The van der Waals surface area contributed by atoms with Crippen molar-refractivity contribution in [2.24, 2.45) is 0 Å². The Bertz CT molecular complexity index is 782. The van der Waals surface area contributed by atoms with Crippen LogP contribution in [0, 0.1) is 5.82 Å². The summed E-state index contributed by atoms with van der Waals surface area (Å²) < 4.78 is 29.7. The van der Waals surface area contributed by atoms with E-state index in [1.54, 1.807) is 18.2 Å². The van der Waals surface area contributed by atoms with Gasteiger partial charge in [0, 0.05) is 17.0 Å². The number of hydrogen-bond donors (Lipinski definition) is 0. The molecule has 0 aliphatic heterocycles. The van der Waals surface area contributed by atoms with Gasteiger partial charge in [0.05, 0.1) is 19.5 Å². The summed E-state index contributed by atoms with van der Waals surface area (Å²) in [6.45, 7) is 6.71. The molecule has 0 spiro atoms. The van der Waals surface area contributed by atoms with E-state index in [1.807, 2.05) is 6.92 Å². The van der Waals surface area contributed by atoms with Crippen LogP contribution in [-0.2, 0) is 11.2 Å². The minimum atomic E-state index is -0.924. The number of aryl methyl sites for hydroxylation is 1. The van der Waals surface area contributed by atoms with Gasteiger partial charge in [0.15, 0.2) is 0 Å². The lowest BCUT2D eigenvalue weighted by Gasteiger charge is -2.09. The zero-order valence-electron chi connectivity index (χ0n) is 16.1. The highest BCUT2D eigenvalue weighted by Crippen LogP contribution is 2.24. The van der Waals surface area contributed by atoms with E-state index in [0.717, 1.165) is 25.9 Å². The monoisotopic (exact) mass is 376 g/mol. The maximum absolute atomic E-state index is 13.8. The van der Waals surface area contributed by atoms with Gasteiger partial charge in [-0.25, -0.2) is 4.79 Å². The quantitative estimate of drug-likeness (QED) is 0.253. The molecule has 0 aliphatic rings. The molecule has 0 amide bonds. The van der Waals surface area contributed by atoms with Crippen LogP contribution in [0.5, 0.6) is 5.75 Å². The fourth-order valence-corrected chi connectivity index (χ4v) is 3.10. The lowest BCUT2D eigenvalue weighted by atomic mass is 10.1. The van der Waals surface area contributed by atoms with Gasteiger partial charge in [-0.05, 0) is 31.4 Å². The highest BCUT2D eigenvalue weighted by atomic mass is 19.1. The lowest BCUT2D eigenvalue weighted by molar-refractivity contribution is 0.241. The van der Waals surface area contributed by atoms with Gasteiger partial charge in [-0.1, -0.05) is 45.6 Å². The molecule has 1 aromatic carbocycles. The molecule has 1 heterocycles. The third-order valence-electron chi connectivity index (χ3n) is 4.57. The molecule has 0 atom stereocenters. The molecule has 4 nitrogen and oxygen atoms in total. The zero-order valence-corrected chi connectivity index (χ0v) is 16.1. The normalized spacial score (nSPS) is 10.9. The molecule has 1 aromatic heterocycles. The molecule has 5 heteroatoms. The third-order valence-corrected chi connectivity index (χ3v) is 4.57. The summed E-state index contributed by atoms with van der Waals surface area (Å²) >= 11 is 0. The molecule has 0 N–H and O–H groups in total. The first-order valence-corrected chi connectivity index (χ1v) is 9.78. The van der Waals surface area contributed by atoms with Crippen LogP contribution in [0.1, 0.15) is 57.4 Å². The molecule has 0 fully saturated rings. The fraction of sp³-hybridized carbons (Fsp3) is 0.500. The van der Waals surface area contributed by atoms with Gasteiger partial charge in [-0.3, -0.25) is 0 Å². The largest absolute Gasteiger partial charge is 0.502 e. The summed E-state index contributed by atoms with van der Waals surface area (Å²) in [4.78, 5) is 11.6. The summed E-state index contributed by atoms with van der Waals surface area (Å²) in [6, 6.07) is 5.22. The average molecular weight is 376 g/mol. The van der Waals surface area contributed by atoms with Crippen molar-refractivity contribution in [2.75, 3.05) is 13.2 Å². The van der Waals surface area contributed by atoms with Crippen LogP contribution in [0.15, 0.2) is 40.3 Å². The second kappa shape index (κ2) is 11.4. The van der Waals surface area contributed by atoms with Crippen molar-refractivity contribution < 1.29 is 18.3 Å². The van der Waals surface area contributed by atoms with Crippen LogP contribution >= 0.6 is 0 Å². The molecular formula is C22H29FO4. The second-order valence-electron chi connectivity index (χ2n) is 6.55. The Hall–Kier alpha value is -2.30. The van der Waals surface area contributed by atoms with Crippen molar-refractivity contribution in [2.45, 2.75) is 58.3 Å². The van der Waals surface area contributed by atoms with Gasteiger partial charge in [0.1, 0.15) is 11.3 Å². The van der Waals surface area contributed by atoms with Crippen LogP contribution in [0.4, 0.5) is 4.39 Å². The average Bonchev–Trinajstić information content (AvgIpc) is 2.67. The first-order chi connectivity index (χ1) is 13.2. The Morgan fingerprint density at radius 3 is 2.41 bits per heavy atom. The predicted octanol–water partition coefficient (Wildman–Crippen LogP) is 5.76. The Balaban J connectivity index is 1.71. The SMILES string of the molecule is C=COCCCCCCCCCOc1ccc2c(CC)c(F)c(=O)oc2c1. The van der Waals surface area contributed by atoms with Crippen LogP contribution in [0.25, 0.3) is 11.0 Å². The van der Waals surface area contributed by atoms with E-state index in [4.69, 9.17) is 13.9 Å². The van der Waals surface area contributed by atoms with E-state index in [0.29, 0.717) is 35.3 Å². The van der Waals surface area contributed by atoms with Crippen molar-refractivity contribution in [3.8, 4) is 5.75 Å². The van der Waals surface area contributed by atoms with Gasteiger partial charge in [0.25, 0.3) is 0 Å². The third kappa shape index (κ3) is 6.42. The van der Waals surface area contributed by atoms with Gasteiger partial charge in [-0.2, -0.15) is 4.39 Å². The van der Waals surface area contributed by atoms with Crippen LogP contribution in [0.3, 0.4) is 0 Å². The maximum Gasteiger partial charge on any atom is 0.372 e. The molecule has 0 bridgehead atoms. The van der Waals surface area contributed by atoms with Crippen LogP contribution < -0.4 is 10.4 Å². The topological polar surface area (TPSA) is 48.7 Å². The summed E-state index contributed by atoms with van der Waals surface area (Å²) in [7, 11) is 0. The summed E-state index contributed by atoms with van der Waals surface area (Å²) in [5.41, 5.74) is -0.160. The Labute approximate surface area is 160 Å². The summed E-state index contributed by atoms with van der Waals surface area (Å²) in [5.74, 6) is -0.159. The summed E-state index contributed by atoms with van der Waals surface area (Å²) in [6.07, 6.45) is 9.94. The minimum Gasteiger partial charge on any atom is -0.502 e. The smallest absolute Gasteiger partial charge is 0.372 e. The van der Waals surface area contributed by atoms with Gasteiger partial charge in [-0.15, -0.1) is 0 Å². The van der Waals surface area contributed by atoms with E-state index in [1.165, 1.54) is 31.9 Å². The van der Waals surface area contributed by atoms with Crippen molar-refractivity contribution in [3.05, 3.63) is 52.8 Å². The molecule has 2 rings (SSSR count). The summed E-state index contributed by atoms with van der Waals surface area (Å²) in [5, 5.41) is 0.625. The number of halogens is 1. The van der Waals surface area contributed by atoms with Gasteiger partial charge >= 0.3 is 5.63 Å². The molecule has 0 saturated heterocycles. The highest BCUT2D eigenvalue weighted by molar-refractivity contribution is 5.81. The van der Waals surface area contributed by atoms with Crippen LogP contribution in [0.2, 0.25) is 0 Å². The molecule has 148 valence electrons. The Kier molecular flexibility index (Phi) is 8.89. The number of fused-ring (bicyclic) bond motifs is 1. The number of hydrogen-bond acceptors (Lipinski definition) is 4. The standard InChI is InChI=1S/C22H29FO4/c1-3-18-19-13-12-17(16-20(19)27-22(24)21(18)23)26-15-11-9-7-5-6-8-10-14-25-4-2/h4,12-13,16H,2-3,5-11,14-15H2,1H3. The Morgan fingerprint density at radius 2 is 1.74 bits per heavy atom. The zero-order chi connectivity index (χ0) is 19.5. The molecule has 0 saturated carbocycles. The number of ether oxygens (including phenoxy) is 2. The minimum absolute atomic E-state index is 0.371. The molecule has 2 aromatic rings. The van der Waals surface area contributed by atoms with E-state index < -0.39 is 11.4 Å². The van der Waals surface area contributed by atoms with Gasteiger partial charge < -0.3 is 13.9 Å². The van der Waals surface area contributed by atoms with Crippen molar-refractivity contribution in [1.82, 2.24) is 0 Å². The van der Waals surface area contributed by atoms with E-state index in [-0.39, 0.29) is 0 Å². The molecule has 0 aliphatic carbocycles. The van der Waals surface area contributed by atoms with Crippen LogP contribution in [-0.4, -0.2) is 13.2 Å². The van der Waals surface area contributed by atoms with E-state index in [9.17, 15) is 9.18 Å². The number of benzene rings is 1. The van der Waals surface area contributed by atoms with E-state index in [2.05, 4.69) is 6.58 Å². The van der Waals surface area contributed by atoms with Crippen molar-refractivity contribution in [1.29, 1.82) is 0 Å². The Morgan fingerprint density at radius 1 is 1.07 bits per heavy atom. The highest BCUT2D eigenvalue weighted by Gasteiger charge is 2.13. The fourth-order valence-electron chi connectivity index (χ4n) is 3.10. The number of unbranched alkanes of at least 4 members (excludes halogenated alkanes) is 6. The van der Waals surface area contributed by atoms with Crippen molar-refractivity contribution >= 4 is 11.0 Å². The number of rotatable bonds is 13. The molecule has 0 unspecified atom stereocenters. The molecule has 27 heavy (non-hydrogen) atoms. The lowest BCUT2D eigenvalue weighted by Crippen LogP contribution is -2.09. The van der Waals surface area contributed by atoms with E-state index >= 15 is 0 Å². The second-order valence-corrected chi connectivity index (χ2v) is 6.55. The molecular weight excluding hydrogens is 347 g/mol. The van der Waals surface area contributed by atoms with Crippen molar-refractivity contribution in [3.63, 3.8) is 0 Å². The van der Waals surface area contributed by atoms with Gasteiger partial charge in [0.2, 0.25) is 5.82 Å². The maximum atomic E-state index is 13.8. The predicted molar refractivity (Wildman–Crippen MR) is 106 cm³/mol.